The molecule has 1 N–H and O–H groups in total. The Morgan fingerprint density at radius 3 is 2.41 bits per heavy atom. The fourth-order valence-electron chi connectivity index (χ4n) is 0.784. The standard InChI is InChI=1S/C8H8F5N3O/c1-14-5-2-15-3-6(16-5)17-4-7(9,10)8(11,12)13/h2-3H,4H2,1H3,(H,14,16). The summed E-state index contributed by atoms with van der Waals surface area (Å²) in [5, 5.41) is 2.53. The molecule has 0 aliphatic carbocycles. The van der Waals surface area contributed by atoms with Gasteiger partial charge in [0.25, 0.3) is 0 Å². The number of hydrogen-bond acceptors (Lipinski definition) is 4. The van der Waals surface area contributed by atoms with E-state index >= 15 is 0 Å². The summed E-state index contributed by atoms with van der Waals surface area (Å²) < 4.78 is 64.6. The summed E-state index contributed by atoms with van der Waals surface area (Å²) >= 11 is 0. The fraction of sp³-hybridized carbons (Fsp3) is 0.500. The minimum Gasteiger partial charge on any atom is -0.470 e. The van der Waals surface area contributed by atoms with Crippen LogP contribution in [0.1, 0.15) is 0 Å². The zero-order valence-electron chi connectivity index (χ0n) is 8.55. The summed E-state index contributed by atoms with van der Waals surface area (Å²) in [6, 6.07) is 0. The van der Waals surface area contributed by atoms with Gasteiger partial charge >= 0.3 is 12.1 Å². The van der Waals surface area contributed by atoms with E-state index in [-0.39, 0.29) is 5.82 Å². The Bertz CT molecular complexity index is 382. The van der Waals surface area contributed by atoms with E-state index in [2.05, 4.69) is 20.0 Å². The lowest BCUT2D eigenvalue weighted by Gasteiger charge is -2.19. The zero-order chi connectivity index (χ0) is 13.1. The third kappa shape index (κ3) is 3.40. The van der Waals surface area contributed by atoms with E-state index in [4.69, 9.17) is 0 Å². The average Bonchev–Trinajstić information content (AvgIpc) is 2.25. The lowest BCUT2D eigenvalue weighted by molar-refractivity contribution is -0.290. The van der Waals surface area contributed by atoms with E-state index < -0.39 is 24.6 Å². The molecule has 0 amide bonds. The summed E-state index contributed by atoms with van der Waals surface area (Å²) in [4.78, 5) is 7.12. The number of nitrogens with one attached hydrogen (secondary N) is 1. The summed E-state index contributed by atoms with van der Waals surface area (Å²) in [5.74, 6) is -5.15. The normalized spacial score (nSPS) is 12.4. The number of anilines is 1. The molecule has 0 aromatic carbocycles. The lowest BCUT2D eigenvalue weighted by Crippen LogP contribution is -2.41. The summed E-state index contributed by atoms with van der Waals surface area (Å²) in [6.07, 6.45) is -3.46. The van der Waals surface area contributed by atoms with E-state index in [0.29, 0.717) is 0 Å². The van der Waals surface area contributed by atoms with E-state index in [1.165, 1.54) is 13.2 Å². The van der Waals surface area contributed by atoms with Gasteiger partial charge in [-0.25, -0.2) is 0 Å². The van der Waals surface area contributed by atoms with Crippen LogP contribution in [0.4, 0.5) is 27.8 Å². The molecule has 4 nitrogen and oxygen atoms in total. The van der Waals surface area contributed by atoms with E-state index in [1.54, 1.807) is 0 Å². The van der Waals surface area contributed by atoms with Crippen LogP contribution in [0.2, 0.25) is 0 Å². The number of alkyl halides is 5. The van der Waals surface area contributed by atoms with Gasteiger partial charge in [-0.1, -0.05) is 0 Å². The van der Waals surface area contributed by atoms with Crippen molar-refractivity contribution in [2.24, 2.45) is 0 Å². The van der Waals surface area contributed by atoms with Gasteiger partial charge in [-0.2, -0.15) is 26.9 Å². The Balaban J connectivity index is 2.67. The molecule has 1 aromatic rings. The molecule has 1 rings (SSSR count). The van der Waals surface area contributed by atoms with Crippen molar-refractivity contribution in [3.8, 4) is 5.88 Å². The second-order valence-corrected chi connectivity index (χ2v) is 2.98. The minimum absolute atomic E-state index is 0.192. The molecular weight excluding hydrogens is 249 g/mol. The van der Waals surface area contributed by atoms with Crippen molar-refractivity contribution in [1.82, 2.24) is 9.97 Å². The molecule has 0 atom stereocenters. The minimum atomic E-state index is -5.65. The molecule has 0 aliphatic rings. The number of ether oxygens (including phenoxy) is 1. The first-order valence-corrected chi connectivity index (χ1v) is 4.33. The van der Waals surface area contributed by atoms with Crippen LogP contribution in [0, 0.1) is 0 Å². The second kappa shape index (κ2) is 4.68. The van der Waals surface area contributed by atoms with Gasteiger partial charge < -0.3 is 10.1 Å². The van der Waals surface area contributed by atoms with Gasteiger partial charge in [-0.3, -0.25) is 4.98 Å². The fourth-order valence-corrected chi connectivity index (χ4v) is 0.784. The number of hydrogen-bond donors (Lipinski definition) is 1. The topological polar surface area (TPSA) is 47.0 Å². The van der Waals surface area contributed by atoms with Crippen LogP contribution in [0.5, 0.6) is 5.88 Å². The molecule has 0 bridgehead atoms. The van der Waals surface area contributed by atoms with Crippen LogP contribution >= 0.6 is 0 Å². The van der Waals surface area contributed by atoms with Crippen LogP contribution < -0.4 is 10.1 Å². The van der Waals surface area contributed by atoms with Gasteiger partial charge in [0.15, 0.2) is 6.61 Å². The van der Waals surface area contributed by atoms with E-state index in [0.717, 1.165) is 6.20 Å². The third-order valence-corrected chi connectivity index (χ3v) is 1.68. The zero-order valence-corrected chi connectivity index (χ0v) is 8.55. The van der Waals surface area contributed by atoms with Crippen LogP contribution in [-0.2, 0) is 0 Å². The van der Waals surface area contributed by atoms with Crippen molar-refractivity contribution in [3.63, 3.8) is 0 Å². The highest BCUT2D eigenvalue weighted by Crippen LogP contribution is 2.35. The smallest absolute Gasteiger partial charge is 0.456 e. The van der Waals surface area contributed by atoms with Crippen molar-refractivity contribution >= 4 is 5.82 Å². The Kier molecular flexibility index (Phi) is 3.69. The molecule has 0 fully saturated rings. The highest BCUT2D eigenvalue weighted by Gasteiger charge is 2.58. The predicted molar refractivity (Wildman–Crippen MR) is 48.1 cm³/mol. The molecule has 17 heavy (non-hydrogen) atoms. The summed E-state index contributed by atoms with van der Waals surface area (Å²) in [5.41, 5.74) is 0. The van der Waals surface area contributed by atoms with Crippen LogP contribution in [0.25, 0.3) is 0 Å². The first-order valence-electron chi connectivity index (χ1n) is 4.33. The maximum Gasteiger partial charge on any atom is 0.456 e. The molecule has 1 aromatic heterocycles. The highest BCUT2D eigenvalue weighted by molar-refractivity contribution is 5.31. The first kappa shape index (κ1) is 13.4. The molecule has 9 heteroatoms. The monoisotopic (exact) mass is 257 g/mol. The van der Waals surface area contributed by atoms with Crippen LogP contribution in [0.3, 0.4) is 0 Å². The summed E-state index contributed by atoms with van der Waals surface area (Å²) in [6.45, 7) is -1.83. The Morgan fingerprint density at radius 1 is 1.24 bits per heavy atom. The molecule has 0 aliphatic heterocycles. The first-order chi connectivity index (χ1) is 7.76. The van der Waals surface area contributed by atoms with Crippen molar-refractivity contribution in [2.75, 3.05) is 19.0 Å². The van der Waals surface area contributed by atoms with Gasteiger partial charge in [-0.15, -0.1) is 0 Å². The number of halogens is 5. The van der Waals surface area contributed by atoms with E-state index in [9.17, 15) is 22.0 Å². The van der Waals surface area contributed by atoms with Crippen LogP contribution in [-0.4, -0.2) is 35.7 Å². The highest BCUT2D eigenvalue weighted by atomic mass is 19.4. The molecule has 0 spiro atoms. The Hall–Kier alpha value is -1.67. The predicted octanol–water partition coefficient (Wildman–Crippen LogP) is 2.09. The van der Waals surface area contributed by atoms with E-state index in [1.807, 2.05) is 0 Å². The lowest BCUT2D eigenvalue weighted by atomic mass is 10.3. The molecule has 0 saturated heterocycles. The third-order valence-electron chi connectivity index (χ3n) is 1.68. The molecule has 0 unspecified atom stereocenters. The number of rotatable bonds is 4. The SMILES string of the molecule is CNc1cncc(OCC(F)(F)C(F)(F)F)n1. The van der Waals surface area contributed by atoms with Gasteiger partial charge in [0, 0.05) is 7.05 Å². The second-order valence-electron chi connectivity index (χ2n) is 2.98. The quantitative estimate of drug-likeness (QED) is 0.839. The van der Waals surface area contributed by atoms with Crippen molar-refractivity contribution < 1.29 is 26.7 Å². The summed E-state index contributed by atoms with van der Waals surface area (Å²) in [7, 11) is 1.48. The van der Waals surface area contributed by atoms with Crippen LogP contribution in [0.15, 0.2) is 12.4 Å². The average molecular weight is 257 g/mol. The molecule has 0 radical (unpaired) electrons. The Morgan fingerprint density at radius 2 is 1.88 bits per heavy atom. The van der Waals surface area contributed by atoms with Crippen molar-refractivity contribution in [2.45, 2.75) is 12.1 Å². The van der Waals surface area contributed by atoms with Gasteiger partial charge in [0.1, 0.15) is 5.82 Å². The van der Waals surface area contributed by atoms with Gasteiger partial charge in [0.2, 0.25) is 5.88 Å². The van der Waals surface area contributed by atoms with Crippen molar-refractivity contribution in [3.05, 3.63) is 12.4 Å². The van der Waals surface area contributed by atoms with Gasteiger partial charge in [-0.05, 0) is 0 Å². The molecule has 1 heterocycles. The number of aromatic nitrogens is 2. The maximum atomic E-state index is 12.5. The Labute approximate surface area is 92.8 Å². The molecular formula is C8H8F5N3O. The largest absolute Gasteiger partial charge is 0.470 e. The number of nitrogens with zero attached hydrogens (tertiary/aromatic N) is 2. The molecule has 96 valence electrons. The van der Waals surface area contributed by atoms with Gasteiger partial charge in [0.05, 0.1) is 12.4 Å². The molecule has 0 saturated carbocycles. The van der Waals surface area contributed by atoms with Crippen molar-refractivity contribution in [1.29, 1.82) is 0 Å². The maximum absolute atomic E-state index is 12.5.